The first-order valence-corrected chi connectivity index (χ1v) is 5.93. The maximum atomic E-state index is 12.0. The van der Waals surface area contributed by atoms with E-state index in [0.29, 0.717) is 16.6 Å². The van der Waals surface area contributed by atoms with E-state index in [4.69, 9.17) is 0 Å². The smallest absolute Gasteiger partial charge is 0.190 e. The van der Waals surface area contributed by atoms with E-state index >= 15 is 0 Å². The van der Waals surface area contributed by atoms with Crippen molar-refractivity contribution in [1.82, 2.24) is 4.98 Å². The number of aromatic nitrogens is 1. The monoisotopic (exact) mass is 269 g/mol. The van der Waals surface area contributed by atoms with Gasteiger partial charge in [-0.1, -0.05) is 0 Å². The van der Waals surface area contributed by atoms with Gasteiger partial charge in [0.1, 0.15) is 5.75 Å². The maximum absolute atomic E-state index is 12.0. The van der Waals surface area contributed by atoms with Gasteiger partial charge in [0, 0.05) is 17.1 Å². The zero-order valence-electron chi connectivity index (χ0n) is 10.3. The topological polar surface area (TPSA) is 93.5 Å². The third kappa shape index (κ3) is 1.85. The predicted molar refractivity (Wildman–Crippen MR) is 75.0 cm³/mol. The lowest BCUT2D eigenvalue weighted by atomic mass is 10.1. The Hall–Kier alpha value is -2.95. The summed E-state index contributed by atoms with van der Waals surface area (Å²) in [5, 5.41) is 28.9. The van der Waals surface area contributed by atoms with Crippen LogP contribution in [0.15, 0.2) is 47.3 Å². The Morgan fingerprint density at radius 3 is 2.30 bits per heavy atom. The van der Waals surface area contributed by atoms with Gasteiger partial charge in [-0.2, -0.15) is 0 Å². The molecule has 1 aromatic heterocycles. The quantitative estimate of drug-likeness (QED) is 0.510. The van der Waals surface area contributed by atoms with Gasteiger partial charge in [0.15, 0.2) is 16.9 Å². The van der Waals surface area contributed by atoms with E-state index < -0.39 is 0 Å². The van der Waals surface area contributed by atoms with Gasteiger partial charge in [-0.15, -0.1) is 0 Å². The molecule has 2 aromatic carbocycles. The summed E-state index contributed by atoms with van der Waals surface area (Å²) in [5.41, 5.74) is 1.09. The summed E-state index contributed by atoms with van der Waals surface area (Å²) < 4.78 is 0. The first kappa shape index (κ1) is 12.1. The van der Waals surface area contributed by atoms with Gasteiger partial charge >= 0.3 is 0 Å². The number of fused-ring (bicyclic) bond motifs is 1. The van der Waals surface area contributed by atoms with Gasteiger partial charge in [-0.3, -0.25) is 4.79 Å². The molecule has 1 heterocycles. The van der Waals surface area contributed by atoms with Gasteiger partial charge < -0.3 is 20.3 Å². The molecule has 5 nitrogen and oxygen atoms in total. The first-order chi connectivity index (χ1) is 9.56. The number of phenolic OH excluding ortho intramolecular Hbond substituents is 3. The largest absolute Gasteiger partial charge is 0.508 e. The third-order valence-electron chi connectivity index (χ3n) is 3.14. The number of pyridine rings is 1. The van der Waals surface area contributed by atoms with Gasteiger partial charge in [-0.25, -0.2) is 0 Å². The lowest BCUT2D eigenvalue weighted by Crippen LogP contribution is -2.03. The molecule has 0 fully saturated rings. The highest BCUT2D eigenvalue weighted by molar-refractivity contribution is 5.88. The second kappa shape index (κ2) is 4.31. The molecule has 5 heteroatoms. The minimum absolute atomic E-state index is 0.123. The van der Waals surface area contributed by atoms with Crippen molar-refractivity contribution < 1.29 is 15.3 Å². The molecule has 0 radical (unpaired) electrons. The Bertz CT molecular complexity index is 850. The van der Waals surface area contributed by atoms with E-state index in [-0.39, 0.29) is 28.2 Å². The van der Waals surface area contributed by atoms with E-state index in [9.17, 15) is 20.1 Å². The summed E-state index contributed by atoms with van der Waals surface area (Å²) in [6.07, 6.45) is 0. The molecular weight excluding hydrogens is 258 g/mol. The van der Waals surface area contributed by atoms with Crippen molar-refractivity contribution >= 4 is 10.9 Å². The van der Waals surface area contributed by atoms with Crippen molar-refractivity contribution in [3.63, 3.8) is 0 Å². The van der Waals surface area contributed by atoms with Crippen LogP contribution in [0.5, 0.6) is 17.2 Å². The minimum atomic E-state index is -0.361. The second-order valence-electron chi connectivity index (χ2n) is 4.45. The summed E-state index contributed by atoms with van der Waals surface area (Å²) in [6.45, 7) is 0. The maximum Gasteiger partial charge on any atom is 0.190 e. The molecule has 0 saturated carbocycles. The molecule has 20 heavy (non-hydrogen) atoms. The van der Waals surface area contributed by atoms with Crippen molar-refractivity contribution in [3.8, 4) is 28.5 Å². The van der Waals surface area contributed by atoms with Crippen molar-refractivity contribution in [2.75, 3.05) is 0 Å². The Morgan fingerprint density at radius 2 is 1.60 bits per heavy atom. The molecule has 0 bridgehead atoms. The number of aromatic amines is 1. The first-order valence-electron chi connectivity index (χ1n) is 5.93. The van der Waals surface area contributed by atoms with Gasteiger partial charge in [0.25, 0.3) is 0 Å². The van der Waals surface area contributed by atoms with E-state index in [2.05, 4.69) is 4.98 Å². The average molecular weight is 269 g/mol. The number of H-pyrrole nitrogens is 1. The zero-order chi connectivity index (χ0) is 14.3. The van der Waals surface area contributed by atoms with E-state index in [0.717, 1.165) is 0 Å². The van der Waals surface area contributed by atoms with E-state index in [1.165, 1.54) is 30.3 Å². The SMILES string of the molecule is O=c1cc(-c2ccc(O)cc2)[nH]c2c(O)c(O)ccc12. The highest BCUT2D eigenvalue weighted by atomic mass is 16.3. The number of aromatic hydroxyl groups is 3. The Kier molecular flexibility index (Phi) is 2.61. The molecule has 0 aliphatic rings. The number of phenols is 3. The molecule has 0 amide bonds. The lowest BCUT2D eigenvalue weighted by molar-refractivity contribution is 0.407. The molecule has 0 aliphatic heterocycles. The summed E-state index contributed by atoms with van der Waals surface area (Å²) in [5.74, 6) is -0.534. The Morgan fingerprint density at radius 1 is 0.900 bits per heavy atom. The normalized spacial score (nSPS) is 10.8. The number of hydrogen-bond acceptors (Lipinski definition) is 4. The fourth-order valence-electron chi connectivity index (χ4n) is 2.09. The predicted octanol–water partition coefficient (Wildman–Crippen LogP) is 2.31. The Labute approximate surface area is 113 Å². The summed E-state index contributed by atoms with van der Waals surface area (Å²) in [4.78, 5) is 15.0. The summed E-state index contributed by atoms with van der Waals surface area (Å²) in [7, 11) is 0. The number of benzene rings is 2. The highest BCUT2D eigenvalue weighted by Gasteiger charge is 2.10. The van der Waals surface area contributed by atoms with Crippen LogP contribution in [-0.4, -0.2) is 20.3 Å². The van der Waals surface area contributed by atoms with Crippen LogP contribution < -0.4 is 5.43 Å². The molecular formula is C15H11NO4. The van der Waals surface area contributed by atoms with Crippen LogP contribution in [0.4, 0.5) is 0 Å². The second-order valence-corrected chi connectivity index (χ2v) is 4.45. The minimum Gasteiger partial charge on any atom is -0.508 e. The van der Waals surface area contributed by atoms with Crippen LogP contribution in [0, 0.1) is 0 Å². The molecule has 0 atom stereocenters. The summed E-state index contributed by atoms with van der Waals surface area (Å²) in [6, 6.07) is 10.4. The van der Waals surface area contributed by atoms with Crippen molar-refractivity contribution in [3.05, 3.63) is 52.7 Å². The fraction of sp³-hybridized carbons (Fsp3) is 0. The molecule has 3 rings (SSSR count). The van der Waals surface area contributed by atoms with E-state index in [1.54, 1.807) is 12.1 Å². The lowest BCUT2D eigenvalue weighted by Gasteiger charge is -2.07. The molecule has 0 saturated heterocycles. The molecule has 0 unspecified atom stereocenters. The van der Waals surface area contributed by atoms with Crippen molar-refractivity contribution in [1.29, 1.82) is 0 Å². The van der Waals surface area contributed by atoms with Gasteiger partial charge in [0.2, 0.25) is 0 Å². The highest BCUT2D eigenvalue weighted by Crippen LogP contribution is 2.32. The van der Waals surface area contributed by atoms with Crippen LogP contribution in [0.25, 0.3) is 22.2 Å². The molecule has 0 spiro atoms. The third-order valence-corrected chi connectivity index (χ3v) is 3.14. The van der Waals surface area contributed by atoms with Crippen LogP contribution in [0.1, 0.15) is 0 Å². The number of nitrogens with one attached hydrogen (secondary N) is 1. The van der Waals surface area contributed by atoms with Gasteiger partial charge in [-0.05, 0) is 42.0 Å². The fourth-order valence-corrected chi connectivity index (χ4v) is 2.09. The van der Waals surface area contributed by atoms with Crippen LogP contribution in [0.3, 0.4) is 0 Å². The van der Waals surface area contributed by atoms with Crippen molar-refractivity contribution in [2.24, 2.45) is 0 Å². The average Bonchev–Trinajstić information content (AvgIpc) is 2.44. The number of rotatable bonds is 1. The van der Waals surface area contributed by atoms with E-state index in [1.807, 2.05) is 0 Å². The zero-order valence-corrected chi connectivity index (χ0v) is 10.3. The molecule has 3 aromatic rings. The molecule has 100 valence electrons. The standard InChI is InChI=1S/C15H11NO4/c17-9-3-1-8(2-4-9)11-7-13(19)10-5-6-12(18)15(20)14(10)16-11/h1-7,17-18,20H,(H,16,19). The van der Waals surface area contributed by atoms with Crippen LogP contribution >= 0.6 is 0 Å². The van der Waals surface area contributed by atoms with Gasteiger partial charge in [0.05, 0.1) is 5.52 Å². The number of hydrogen-bond donors (Lipinski definition) is 4. The van der Waals surface area contributed by atoms with Crippen LogP contribution in [-0.2, 0) is 0 Å². The Balaban J connectivity index is 2.31. The summed E-state index contributed by atoms with van der Waals surface area (Å²) >= 11 is 0. The molecule has 4 N–H and O–H groups in total. The molecule has 0 aliphatic carbocycles. The van der Waals surface area contributed by atoms with Crippen molar-refractivity contribution in [2.45, 2.75) is 0 Å². The van der Waals surface area contributed by atoms with Crippen LogP contribution in [0.2, 0.25) is 0 Å².